The van der Waals surface area contributed by atoms with Gasteiger partial charge in [-0.15, -0.1) is 0 Å². The molecule has 2 aliphatic rings. The molecule has 5 heteroatoms. The summed E-state index contributed by atoms with van der Waals surface area (Å²) in [5.74, 6) is 0.638. The van der Waals surface area contributed by atoms with Crippen molar-refractivity contribution >= 4 is 11.8 Å². The molecule has 2 saturated heterocycles. The molecule has 2 amide bonds. The Labute approximate surface area is 115 Å². The minimum Gasteiger partial charge on any atom is -0.357 e. The third-order valence-corrected chi connectivity index (χ3v) is 4.29. The standard InChI is InChI=1S/C14H25N3O2/c1-15-14(19)12-4-2-3-9-17(12)13(18)10-11-5-7-16-8-6-11/h11-12,16H,2-10H2,1H3,(H,15,19). The number of rotatable bonds is 3. The Balaban J connectivity index is 1.92. The Morgan fingerprint density at radius 3 is 2.63 bits per heavy atom. The summed E-state index contributed by atoms with van der Waals surface area (Å²) < 4.78 is 0. The summed E-state index contributed by atoms with van der Waals surface area (Å²) in [4.78, 5) is 26.1. The van der Waals surface area contributed by atoms with E-state index in [1.807, 2.05) is 4.90 Å². The van der Waals surface area contributed by atoms with Crippen molar-refractivity contribution in [3.05, 3.63) is 0 Å². The lowest BCUT2D eigenvalue weighted by atomic mass is 9.92. The quantitative estimate of drug-likeness (QED) is 0.783. The lowest BCUT2D eigenvalue weighted by Crippen LogP contribution is -2.51. The highest BCUT2D eigenvalue weighted by molar-refractivity contribution is 5.87. The van der Waals surface area contributed by atoms with Gasteiger partial charge < -0.3 is 15.5 Å². The van der Waals surface area contributed by atoms with Crippen molar-refractivity contribution in [2.75, 3.05) is 26.7 Å². The topological polar surface area (TPSA) is 61.4 Å². The zero-order valence-electron chi connectivity index (χ0n) is 11.8. The second-order valence-corrected chi connectivity index (χ2v) is 5.61. The highest BCUT2D eigenvalue weighted by Gasteiger charge is 2.32. The fourth-order valence-corrected chi connectivity index (χ4v) is 3.12. The van der Waals surface area contributed by atoms with E-state index in [9.17, 15) is 9.59 Å². The zero-order valence-corrected chi connectivity index (χ0v) is 11.8. The number of carbonyl (C=O) groups excluding carboxylic acids is 2. The van der Waals surface area contributed by atoms with Gasteiger partial charge in [0.2, 0.25) is 11.8 Å². The summed E-state index contributed by atoms with van der Waals surface area (Å²) in [5.41, 5.74) is 0. The summed E-state index contributed by atoms with van der Waals surface area (Å²) in [6.07, 6.45) is 5.61. The number of hydrogen-bond donors (Lipinski definition) is 2. The van der Waals surface area contributed by atoms with Gasteiger partial charge in [0.25, 0.3) is 0 Å². The van der Waals surface area contributed by atoms with Crippen LogP contribution in [0.5, 0.6) is 0 Å². The van der Waals surface area contributed by atoms with E-state index in [1.54, 1.807) is 7.05 Å². The van der Waals surface area contributed by atoms with Crippen LogP contribution in [0.15, 0.2) is 0 Å². The van der Waals surface area contributed by atoms with Gasteiger partial charge in [-0.25, -0.2) is 0 Å². The van der Waals surface area contributed by atoms with Gasteiger partial charge >= 0.3 is 0 Å². The normalized spacial score (nSPS) is 25.1. The number of amides is 2. The van der Waals surface area contributed by atoms with Crippen LogP contribution >= 0.6 is 0 Å². The molecule has 2 rings (SSSR count). The fraction of sp³-hybridized carbons (Fsp3) is 0.857. The number of nitrogens with zero attached hydrogens (tertiary/aromatic N) is 1. The molecular weight excluding hydrogens is 242 g/mol. The molecule has 0 spiro atoms. The molecule has 0 aromatic heterocycles. The third kappa shape index (κ3) is 3.69. The van der Waals surface area contributed by atoms with Crippen molar-refractivity contribution in [3.63, 3.8) is 0 Å². The van der Waals surface area contributed by atoms with Crippen LogP contribution < -0.4 is 10.6 Å². The number of hydrogen-bond acceptors (Lipinski definition) is 3. The van der Waals surface area contributed by atoms with Crippen molar-refractivity contribution < 1.29 is 9.59 Å². The molecule has 0 aromatic carbocycles. The average Bonchev–Trinajstić information content (AvgIpc) is 2.47. The summed E-state index contributed by atoms with van der Waals surface area (Å²) in [5, 5.41) is 5.99. The summed E-state index contributed by atoms with van der Waals surface area (Å²) in [6.45, 7) is 2.76. The summed E-state index contributed by atoms with van der Waals surface area (Å²) in [7, 11) is 1.65. The molecule has 0 bridgehead atoms. The SMILES string of the molecule is CNC(=O)C1CCCCN1C(=O)CC1CCNCC1. The van der Waals surface area contributed by atoms with E-state index >= 15 is 0 Å². The van der Waals surface area contributed by atoms with E-state index in [1.165, 1.54) is 0 Å². The highest BCUT2D eigenvalue weighted by Crippen LogP contribution is 2.22. The second kappa shape index (κ2) is 6.89. The maximum atomic E-state index is 12.4. The van der Waals surface area contributed by atoms with Crippen LogP contribution in [0.25, 0.3) is 0 Å². The Bertz CT molecular complexity index is 327. The zero-order chi connectivity index (χ0) is 13.7. The lowest BCUT2D eigenvalue weighted by Gasteiger charge is -2.35. The van der Waals surface area contributed by atoms with Crippen LogP contribution in [-0.4, -0.2) is 49.4 Å². The van der Waals surface area contributed by atoms with E-state index in [0.717, 1.165) is 51.7 Å². The first-order chi connectivity index (χ1) is 9.22. The Hall–Kier alpha value is -1.10. The van der Waals surface area contributed by atoms with Crippen molar-refractivity contribution in [3.8, 4) is 0 Å². The predicted octanol–water partition coefficient (Wildman–Crippen LogP) is 0.503. The van der Waals surface area contributed by atoms with Gasteiger partial charge in [0.05, 0.1) is 0 Å². The number of likely N-dealkylation sites (tertiary alicyclic amines) is 1. The van der Waals surface area contributed by atoms with Gasteiger partial charge in [-0.2, -0.15) is 0 Å². The van der Waals surface area contributed by atoms with Gasteiger partial charge in [-0.1, -0.05) is 0 Å². The number of piperidine rings is 2. The van der Waals surface area contributed by atoms with Crippen LogP contribution in [0, 0.1) is 5.92 Å². The maximum Gasteiger partial charge on any atom is 0.242 e. The van der Waals surface area contributed by atoms with Crippen molar-refractivity contribution in [1.82, 2.24) is 15.5 Å². The second-order valence-electron chi connectivity index (χ2n) is 5.61. The first-order valence-corrected chi connectivity index (χ1v) is 7.44. The van der Waals surface area contributed by atoms with Crippen LogP contribution in [-0.2, 0) is 9.59 Å². The van der Waals surface area contributed by atoms with Crippen LogP contribution in [0.2, 0.25) is 0 Å². The van der Waals surface area contributed by atoms with Crippen molar-refractivity contribution in [2.45, 2.75) is 44.6 Å². The molecule has 19 heavy (non-hydrogen) atoms. The Morgan fingerprint density at radius 2 is 1.95 bits per heavy atom. The van der Waals surface area contributed by atoms with E-state index in [4.69, 9.17) is 0 Å². The molecule has 0 aromatic rings. The van der Waals surface area contributed by atoms with Crippen LogP contribution in [0.4, 0.5) is 0 Å². The molecule has 0 aliphatic carbocycles. The van der Waals surface area contributed by atoms with Gasteiger partial charge in [-0.3, -0.25) is 9.59 Å². The van der Waals surface area contributed by atoms with Gasteiger partial charge in [-0.05, 0) is 51.1 Å². The smallest absolute Gasteiger partial charge is 0.242 e. The molecule has 5 nitrogen and oxygen atoms in total. The minimum atomic E-state index is -0.243. The van der Waals surface area contributed by atoms with Crippen molar-refractivity contribution in [2.24, 2.45) is 5.92 Å². The third-order valence-electron chi connectivity index (χ3n) is 4.29. The number of nitrogens with one attached hydrogen (secondary N) is 2. The molecule has 2 fully saturated rings. The van der Waals surface area contributed by atoms with E-state index in [2.05, 4.69) is 10.6 Å². The molecule has 108 valence electrons. The minimum absolute atomic E-state index is 0.0154. The molecule has 1 atom stereocenters. The van der Waals surface area contributed by atoms with Gasteiger partial charge in [0, 0.05) is 20.0 Å². The maximum absolute atomic E-state index is 12.4. The van der Waals surface area contributed by atoms with Crippen LogP contribution in [0.1, 0.15) is 38.5 Å². The lowest BCUT2D eigenvalue weighted by molar-refractivity contribution is -0.143. The highest BCUT2D eigenvalue weighted by atomic mass is 16.2. The Kier molecular flexibility index (Phi) is 5.19. The molecule has 2 N–H and O–H groups in total. The molecule has 0 radical (unpaired) electrons. The molecular formula is C14H25N3O2. The molecule has 2 aliphatic heterocycles. The summed E-state index contributed by atoms with van der Waals surface area (Å²) >= 11 is 0. The number of carbonyl (C=O) groups is 2. The van der Waals surface area contributed by atoms with Crippen molar-refractivity contribution in [1.29, 1.82) is 0 Å². The van der Waals surface area contributed by atoms with Gasteiger partial charge in [0.15, 0.2) is 0 Å². The van der Waals surface area contributed by atoms with E-state index in [-0.39, 0.29) is 17.9 Å². The average molecular weight is 267 g/mol. The summed E-state index contributed by atoms with van der Waals surface area (Å²) in [6, 6.07) is -0.243. The first kappa shape index (κ1) is 14.3. The monoisotopic (exact) mass is 267 g/mol. The molecule has 0 saturated carbocycles. The Morgan fingerprint density at radius 1 is 1.21 bits per heavy atom. The fourth-order valence-electron chi connectivity index (χ4n) is 3.12. The largest absolute Gasteiger partial charge is 0.357 e. The molecule has 1 unspecified atom stereocenters. The van der Waals surface area contributed by atoms with E-state index in [0.29, 0.717) is 12.3 Å². The number of likely N-dealkylation sites (N-methyl/N-ethyl adjacent to an activating group) is 1. The predicted molar refractivity (Wildman–Crippen MR) is 73.6 cm³/mol. The van der Waals surface area contributed by atoms with Crippen LogP contribution in [0.3, 0.4) is 0 Å². The van der Waals surface area contributed by atoms with Gasteiger partial charge in [0.1, 0.15) is 6.04 Å². The van der Waals surface area contributed by atoms with E-state index < -0.39 is 0 Å². The first-order valence-electron chi connectivity index (χ1n) is 7.44. The molecule has 2 heterocycles.